The van der Waals surface area contributed by atoms with Crippen LogP contribution in [0.5, 0.6) is 0 Å². The van der Waals surface area contributed by atoms with Gasteiger partial charge < -0.3 is 14.5 Å². The monoisotopic (exact) mass is 437 g/mol. The first-order valence-electron chi connectivity index (χ1n) is 12.9. The molecule has 176 valence electrons. The van der Waals surface area contributed by atoms with Crippen molar-refractivity contribution < 1.29 is 4.74 Å². The van der Waals surface area contributed by atoms with E-state index in [0.29, 0.717) is 5.41 Å². The Balaban J connectivity index is 1.45. The Kier molecular flexibility index (Phi) is 6.05. The average molecular weight is 438 g/mol. The van der Waals surface area contributed by atoms with Crippen molar-refractivity contribution in [2.45, 2.75) is 53.4 Å². The zero-order valence-electron chi connectivity index (χ0n) is 20.8. The fourth-order valence-electron chi connectivity index (χ4n) is 6.47. The number of morpholine rings is 1. The molecule has 1 aromatic carbocycles. The Morgan fingerprint density at radius 3 is 2.28 bits per heavy atom. The summed E-state index contributed by atoms with van der Waals surface area (Å²) in [6.07, 6.45) is 7.91. The normalized spacial score (nSPS) is 26.2. The maximum atomic E-state index is 5.62. The number of ether oxygens (including phenoxy) is 1. The van der Waals surface area contributed by atoms with E-state index in [0.717, 1.165) is 51.7 Å². The second-order valence-electron chi connectivity index (χ2n) is 12.2. The van der Waals surface area contributed by atoms with E-state index in [4.69, 9.17) is 4.74 Å². The molecule has 1 saturated carbocycles. The molecular weight excluding hydrogens is 394 g/mol. The topological polar surface area (TPSA) is 19.0 Å². The quantitative estimate of drug-likeness (QED) is 0.623. The van der Waals surface area contributed by atoms with E-state index in [2.05, 4.69) is 66.7 Å². The van der Waals surface area contributed by atoms with E-state index in [1.54, 1.807) is 5.57 Å². The molecule has 4 heteroatoms. The summed E-state index contributed by atoms with van der Waals surface area (Å²) in [6.45, 7) is 19.4. The number of benzene rings is 1. The fourth-order valence-corrected chi connectivity index (χ4v) is 6.47. The Bertz CT molecular complexity index is 840. The summed E-state index contributed by atoms with van der Waals surface area (Å²) in [6, 6.07) is 7.28. The standard InChI is InChI=1S/C28H43N3O/c1-27(2)18-23(19-28(3,4)21-27)25-17-24(30-13-15-32-16-14-30)7-8-26(25)31-11-9-29(10-12-31)20-22-5-6-22/h7-8,17-18,22H,5-6,9-16,19-21H2,1-4H3. The van der Waals surface area contributed by atoms with Crippen LogP contribution in [0.25, 0.3) is 5.57 Å². The van der Waals surface area contributed by atoms with E-state index in [1.165, 1.54) is 55.8 Å². The molecule has 32 heavy (non-hydrogen) atoms. The molecular formula is C28H43N3O. The molecule has 4 aliphatic rings. The number of hydrogen-bond donors (Lipinski definition) is 0. The number of nitrogens with zero attached hydrogens (tertiary/aromatic N) is 3. The van der Waals surface area contributed by atoms with Gasteiger partial charge in [-0.1, -0.05) is 33.8 Å². The van der Waals surface area contributed by atoms with Crippen molar-refractivity contribution in [2.24, 2.45) is 16.7 Å². The molecule has 0 amide bonds. The van der Waals surface area contributed by atoms with Gasteiger partial charge in [-0.25, -0.2) is 0 Å². The van der Waals surface area contributed by atoms with Crippen LogP contribution in [0.15, 0.2) is 24.3 Å². The van der Waals surface area contributed by atoms with Crippen molar-refractivity contribution in [3.63, 3.8) is 0 Å². The number of allylic oxidation sites excluding steroid dienone is 2. The third-order valence-electron chi connectivity index (χ3n) is 7.80. The minimum Gasteiger partial charge on any atom is -0.378 e. The van der Waals surface area contributed by atoms with Crippen molar-refractivity contribution >= 4 is 16.9 Å². The molecule has 2 aliphatic heterocycles. The molecule has 0 aromatic heterocycles. The third kappa shape index (κ3) is 5.17. The first kappa shape index (κ1) is 22.3. The molecule has 1 aromatic rings. The van der Waals surface area contributed by atoms with Crippen LogP contribution in [-0.4, -0.2) is 63.9 Å². The lowest BCUT2D eigenvalue weighted by molar-refractivity contribution is 0.122. The van der Waals surface area contributed by atoms with Gasteiger partial charge in [0.1, 0.15) is 0 Å². The van der Waals surface area contributed by atoms with Gasteiger partial charge in [-0.15, -0.1) is 0 Å². The van der Waals surface area contributed by atoms with Crippen LogP contribution in [0.1, 0.15) is 58.9 Å². The maximum Gasteiger partial charge on any atom is 0.0642 e. The predicted octanol–water partition coefficient (Wildman–Crippen LogP) is 5.28. The molecule has 2 saturated heterocycles. The summed E-state index contributed by atoms with van der Waals surface area (Å²) in [7, 11) is 0. The summed E-state index contributed by atoms with van der Waals surface area (Å²) in [5, 5.41) is 0. The summed E-state index contributed by atoms with van der Waals surface area (Å²) < 4.78 is 5.62. The lowest BCUT2D eigenvalue weighted by Gasteiger charge is -2.42. The van der Waals surface area contributed by atoms with Crippen molar-refractivity contribution in [1.29, 1.82) is 0 Å². The first-order valence-corrected chi connectivity index (χ1v) is 12.9. The van der Waals surface area contributed by atoms with Gasteiger partial charge in [-0.3, -0.25) is 4.90 Å². The largest absolute Gasteiger partial charge is 0.378 e. The highest BCUT2D eigenvalue weighted by Crippen LogP contribution is 2.49. The number of rotatable bonds is 5. The van der Waals surface area contributed by atoms with Crippen LogP contribution < -0.4 is 9.80 Å². The molecule has 2 aliphatic carbocycles. The van der Waals surface area contributed by atoms with Gasteiger partial charge >= 0.3 is 0 Å². The van der Waals surface area contributed by atoms with Crippen molar-refractivity contribution in [3.8, 4) is 0 Å². The van der Waals surface area contributed by atoms with E-state index in [-0.39, 0.29) is 5.41 Å². The lowest BCUT2D eigenvalue weighted by atomic mass is 9.65. The summed E-state index contributed by atoms with van der Waals surface area (Å²) in [5.41, 5.74) is 6.42. The number of piperazine rings is 1. The van der Waals surface area contributed by atoms with Crippen LogP contribution in [0.2, 0.25) is 0 Å². The Hall–Kier alpha value is -1.52. The number of anilines is 2. The Morgan fingerprint density at radius 2 is 1.62 bits per heavy atom. The van der Waals surface area contributed by atoms with E-state index >= 15 is 0 Å². The molecule has 0 N–H and O–H groups in total. The highest BCUT2D eigenvalue weighted by molar-refractivity contribution is 5.81. The molecule has 4 nitrogen and oxygen atoms in total. The second kappa shape index (κ2) is 8.68. The molecule has 2 heterocycles. The third-order valence-corrected chi connectivity index (χ3v) is 7.80. The zero-order chi connectivity index (χ0) is 22.3. The molecule has 5 rings (SSSR count). The zero-order valence-corrected chi connectivity index (χ0v) is 20.8. The Morgan fingerprint density at radius 1 is 0.906 bits per heavy atom. The SMILES string of the molecule is CC1(C)C=C(c2cc(N3CCOCC3)ccc2N2CCN(CC3CC3)CC2)CC(C)(C)C1. The van der Waals surface area contributed by atoms with Crippen LogP contribution in [-0.2, 0) is 4.74 Å². The molecule has 0 spiro atoms. The summed E-state index contributed by atoms with van der Waals surface area (Å²) in [5.74, 6) is 0.988. The van der Waals surface area contributed by atoms with Crippen LogP contribution in [0.4, 0.5) is 11.4 Å². The minimum atomic E-state index is 0.242. The van der Waals surface area contributed by atoms with E-state index in [1.807, 2.05) is 0 Å². The molecule has 0 atom stereocenters. The van der Waals surface area contributed by atoms with Gasteiger partial charge in [0, 0.05) is 62.8 Å². The van der Waals surface area contributed by atoms with E-state index in [9.17, 15) is 0 Å². The predicted molar refractivity (Wildman–Crippen MR) is 136 cm³/mol. The minimum absolute atomic E-state index is 0.242. The maximum absolute atomic E-state index is 5.62. The highest BCUT2D eigenvalue weighted by atomic mass is 16.5. The van der Waals surface area contributed by atoms with Crippen LogP contribution in [0, 0.1) is 16.7 Å². The van der Waals surface area contributed by atoms with E-state index < -0.39 is 0 Å². The van der Waals surface area contributed by atoms with Gasteiger partial charge in [-0.2, -0.15) is 0 Å². The summed E-state index contributed by atoms with van der Waals surface area (Å²) >= 11 is 0. The van der Waals surface area contributed by atoms with Gasteiger partial charge in [0.25, 0.3) is 0 Å². The first-order chi connectivity index (χ1) is 15.3. The van der Waals surface area contributed by atoms with Gasteiger partial charge in [0.05, 0.1) is 13.2 Å². The summed E-state index contributed by atoms with van der Waals surface area (Å²) in [4.78, 5) is 7.86. The molecule has 0 bridgehead atoms. The van der Waals surface area contributed by atoms with Crippen molar-refractivity contribution in [2.75, 3.05) is 68.8 Å². The molecule has 3 fully saturated rings. The molecule has 0 radical (unpaired) electrons. The van der Waals surface area contributed by atoms with Gasteiger partial charge in [0.2, 0.25) is 0 Å². The molecule has 0 unspecified atom stereocenters. The number of hydrogen-bond acceptors (Lipinski definition) is 4. The second-order valence-corrected chi connectivity index (χ2v) is 12.2. The van der Waals surface area contributed by atoms with Crippen molar-refractivity contribution in [1.82, 2.24) is 4.90 Å². The lowest BCUT2D eigenvalue weighted by Crippen LogP contribution is -2.47. The average Bonchev–Trinajstić information content (AvgIpc) is 3.56. The van der Waals surface area contributed by atoms with Gasteiger partial charge in [-0.05, 0) is 66.2 Å². The van der Waals surface area contributed by atoms with Crippen LogP contribution in [0.3, 0.4) is 0 Å². The van der Waals surface area contributed by atoms with Crippen LogP contribution >= 0.6 is 0 Å². The fraction of sp³-hybridized carbons (Fsp3) is 0.714. The highest BCUT2D eigenvalue weighted by Gasteiger charge is 2.35. The smallest absolute Gasteiger partial charge is 0.0642 e. The Labute approximate surface area is 195 Å². The van der Waals surface area contributed by atoms with Crippen molar-refractivity contribution in [3.05, 3.63) is 29.8 Å². The van der Waals surface area contributed by atoms with Gasteiger partial charge in [0.15, 0.2) is 0 Å².